The van der Waals surface area contributed by atoms with E-state index in [-0.39, 0.29) is 42.1 Å². The number of aliphatic hydroxyl groups is 4. The second-order valence-electron chi connectivity index (χ2n) is 12.1. The van der Waals surface area contributed by atoms with Crippen molar-refractivity contribution in [2.24, 2.45) is 17.8 Å². The fourth-order valence-electron chi connectivity index (χ4n) is 5.86. The monoisotopic (exact) mass is 810 g/mol. The molecule has 54 heavy (non-hydrogen) atoms. The first-order valence-corrected chi connectivity index (χ1v) is 19.0. The molecule has 0 saturated carbocycles. The van der Waals surface area contributed by atoms with E-state index in [0.717, 1.165) is 0 Å². The zero-order chi connectivity index (χ0) is 39.1. The highest BCUT2D eigenvalue weighted by Gasteiger charge is 2.49. The van der Waals surface area contributed by atoms with Gasteiger partial charge in [0.05, 0.1) is 52.4 Å². The summed E-state index contributed by atoms with van der Waals surface area (Å²) in [6.07, 6.45) is -8.28. The van der Waals surface area contributed by atoms with Crippen molar-refractivity contribution in [3.63, 3.8) is 0 Å². The number of aromatic amines is 2. The van der Waals surface area contributed by atoms with Crippen molar-refractivity contribution < 1.29 is 80.8 Å². The van der Waals surface area contributed by atoms with Gasteiger partial charge in [-0.25, -0.2) is 18.3 Å². The van der Waals surface area contributed by atoms with Crippen LogP contribution in [0.15, 0.2) is 29.0 Å². The number of nitrogens with two attached hydrogens (primary N) is 2. The van der Waals surface area contributed by atoms with Crippen LogP contribution in [0, 0.1) is 0 Å². The van der Waals surface area contributed by atoms with E-state index in [9.17, 15) is 44.1 Å². The number of H-pyrrole nitrogens is 2. The van der Waals surface area contributed by atoms with E-state index in [1.165, 1.54) is 26.4 Å². The number of ether oxygens (including phenoxy) is 3. The molecule has 0 aliphatic carbocycles. The number of nitrogens with zero attached hydrogens (tertiary/aromatic N) is 5. The molecule has 26 nitrogen and oxygen atoms in total. The van der Waals surface area contributed by atoms with Gasteiger partial charge in [0.2, 0.25) is 18.0 Å². The average molecular weight is 811 g/mol. The number of hydrogen-bond donors (Lipinski definition) is 11. The second-order valence-corrected chi connectivity index (χ2v) is 15.0. The zero-order valence-electron chi connectivity index (χ0n) is 28.3. The Labute approximate surface area is 303 Å². The van der Waals surface area contributed by atoms with Crippen molar-refractivity contribution in [3.8, 4) is 0 Å². The predicted molar refractivity (Wildman–Crippen MR) is 177 cm³/mol. The summed E-state index contributed by atoms with van der Waals surface area (Å²) in [5.74, 6) is 0.112. The summed E-state index contributed by atoms with van der Waals surface area (Å²) >= 11 is 0. The topological polar surface area (TPSA) is 371 Å². The van der Waals surface area contributed by atoms with Gasteiger partial charge in [-0.2, -0.15) is 0 Å². The van der Waals surface area contributed by atoms with E-state index in [1.54, 1.807) is 7.05 Å². The van der Waals surface area contributed by atoms with Gasteiger partial charge in [0.1, 0.15) is 36.6 Å². The summed E-state index contributed by atoms with van der Waals surface area (Å²) in [4.78, 5) is 45.9. The smallest absolute Gasteiger partial charge is 0.387 e. The molecule has 6 heterocycles. The molecule has 13 N–H and O–H groups in total. The molecule has 28 heteroatoms. The van der Waals surface area contributed by atoms with Crippen LogP contribution in [0.25, 0.3) is 16.9 Å². The number of rotatable bonds is 16. The van der Waals surface area contributed by atoms with Crippen molar-refractivity contribution in [1.82, 2.24) is 24.8 Å². The number of phosphoric ester groups is 2. The van der Waals surface area contributed by atoms with Crippen molar-refractivity contribution in [2.45, 2.75) is 49.1 Å². The van der Waals surface area contributed by atoms with Gasteiger partial charge in [0, 0.05) is 0 Å². The fraction of sp³-hybridized carbons (Fsp3) is 0.577. The first-order valence-electron chi connectivity index (χ1n) is 16.0. The van der Waals surface area contributed by atoms with Gasteiger partial charge >= 0.3 is 27.1 Å². The van der Waals surface area contributed by atoms with Crippen LogP contribution in [-0.4, -0.2) is 132 Å². The van der Waals surface area contributed by atoms with Gasteiger partial charge in [0.25, 0.3) is 17.5 Å². The number of aliphatic hydroxyl groups excluding tert-OH is 4. The third-order valence-electron chi connectivity index (χ3n) is 8.40. The molecule has 298 valence electrons. The first-order chi connectivity index (χ1) is 25.5. The summed E-state index contributed by atoms with van der Waals surface area (Å²) < 4.78 is 64.9. The molecule has 0 radical (unpaired) electrons. The van der Waals surface area contributed by atoms with Crippen LogP contribution in [-0.2, 0) is 48.5 Å². The third kappa shape index (κ3) is 8.42. The number of nitrogen functional groups attached to an aromatic ring is 1. The Kier molecular flexibility index (Phi) is 11.7. The molecule has 3 aromatic rings. The maximum Gasteiger partial charge on any atom is 0.472 e. The summed E-state index contributed by atoms with van der Waals surface area (Å²) in [6.45, 7) is 0.983. The highest BCUT2D eigenvalue weighted by Crippen LogP contribution is 2.45. The number of guanidine groups is 1. The van der Waals surface area contributed by atoms with Crippen LogP contribution in [0.2, 0.25) is 0 Å². The Morgan fingerprint density at radius 1 is 0.907 bits per heavy atom. The number of hydrogen-bond acceptors (Lipinski definition) is 19. The number of phosphoric acid groups is 2. The van der Waals surface area contributed by atoms with Crippen LogP contribution >= 0.6 is 15.6 Å². The molecule has 3 aromatic heterocycles. The van der Waals surface area contributed by atoms with Gasteiger partial charge in [-0.15, -0.1) is 0 Å². The molecule has 3 aliphatic heterocycles. The summed E-state index contributed by atoms with van der Waals surface area (Å²) in [5, 5.41) is 45.0. The van der Waals surface area contributed by atoms with Crippen molar-refractivity contribution in [3.05, 3.63) is 35.3 Å². The Morgan fingerprint density at radius 3 is 2.04 bits per heavy atom. The van der Waals surface area contributed by atoms with Gasteiger partial charge in [-0.3, -0.25) is 37.4 Å². The van der Waals surface area contributed by atoms with Crippen molar-refractivity contribution in [1.29, 1.82) is 0 Å². The Morgan fingerprint density at radius 2 is 1.46 bits per heavy atom. The fourth-order valence-corrected chi connectivity index (χ4v) is 7.29. The van der Waals surface area contributed by atoms with Gasteiger partial charge < -0.3 is 61.2 Å². The Balaban J connectivity index is 0.886. The quantitative estimate of drug-likeness (QED) is 0.0369. The highest BCUT2D eigenvalue weighted by atomic mass is 31.2. The van der Waals surface area contributed by atoms with Crippen molar-refractivity contribution >= 4 is 50.2 Å². The molecule has 2 fully saturated rings. The van der Waals surface area contributed by atoms with Gasteiger partial charge in [0.15, 0.2) is 18.3 Å². The van der Waals surface area contributed by atoms with E-state index in [0.29, 0.717) is 11.4 Å². The number of imidazole rings is 2. The standard InChI is InChI=1S/C26H38N10O16P2/c1-11-14-20(31-25(27)30-11)35(9-29-14)23-18(39)16(37)12(51-23)7-49-53(42,43)47-5-3-46-4-6-48-54(44,45)50-8-13-17(38)19(40)24(52-13)36-10-34(2)15-21(36)32-26(28)33-22(15)41/h9-10,12-13,16-19,23-24,37-40H,1,3-8H2,2H3,(H7-,27,28,30,31,32,33,41,42,43,44,45)/p+2/t12?,13-,16-,17-,18-,19-,23-,24?/m1/s1. The summed E-state index contributed by atoms with van der Waals surface area (Å²) in [7, 11) is -7.87. The maximum absolute atomic E-state index is 12.4. The van der Waals surface area contributed by atoms with Crippen molar-refractivity contribution in [2.75, 3.05) is 45.4 Å². The molecule has 0 aromatic carbocycles. The number of aliphatic imine (C=N–C) groups is 1. The van der Waals surface area contributed by atoms with Crippen LogP contribution in [0.5, 0.6) is 0 Å². The van der Waals surface area contributed by atoms with E-state index >= 15 is 0 Å². The molecule has 6 rings (SSSR count). The largest absolute Gasteiger partial charge is 0.472 e. The minimum atomic E-state index is -4.72. The van der Waals surface area contributed by atoms with E-state index in [2.05, 4.69) is 31.8 Å². The first kappa shape index (κ1) is 40.0. The molecular weight excluding hydrogens is 770 g/mol. The van der Waals surface area contributed by atoms with Crippen LogP contribution in [0.3, 0.4) is 0 Å². The van der Waals surface area contributed by atoms with Gasteiger partial charge in [-0.1, -0.05) is 16.6 Å². The summed E-state index contributed by atoms with van der Waals surface area (Å²) in [6, 6.07) is 0. The zero-order valence-corrected chi connectivity index (χ0v) is 30.1. The second kappa shape index (κ2) is 15.8. The third-order valence-corrected chi connectivity index (χ3v) is 10.4. The lowest BCUT2D eigenvalue weighted by Gasteiger charge is -2.18. The molecule has 2 saturated heterocycles. The number of aryl methyl sites for hydroxylation is 1. The number of nitrogens with one attached hydrogen (secondary N) is 3. The average Bonchev–Trinajstić information content (AvgIpc) is 3.82. The van der Waals surface area contributed by atoms with Crippen LogP contribution in [0.1, 0.15) is 18.1 Å². The molecular formula is C26H40N10O16P2+2. The molecule has 4 unspecified atom stereocenters. The molecule has 0 spiro atoms. The van der Waals surface area contributed by atoms with Crippen LogP contribution < -0.4 is 31.5 Å². The Hall–Kier alpha value is -3.69. The Bertz CT molecular complexity index is 2060. The van der Waals surface area contributed by atoms with Crippen LogP contribution in [0.4, 0.5) is 11.8 Å². The normalized spacial score (nSPS) is 29.2. The lowest BCUT2D eigenvalue weighted by atomic mass is 10.1. The minimum Gasteiger partial charge on any atom is -0.387 e. The SMILES string of the molecule is C=C1NC(N)=Nc2c1[nH]c[n+]2[C@@H]1OC(COP(=O)(O)OCCOCCOP(=O)(O)OC[C@H]2OC([n+]3cn(C)c4c(=O)[nH]c(N)nc43)[C@H](O)[C@@H]2O)[C@@H](O)[C@H]1O. The maximum atomic E-state index is 12.4. The predicted octanol–water partition coefficient (Wildman–Crippen LogP) is -4.51. The van der Waals surface area contributed by atoms with Gasteiger partial charge in [-0.05, 0) is 0 Å². The number of anilines is 1. The van der Waals surface area contributed by atoms with E-state index in [4.69, 9.17) is 43.8 Å². The molecule has 10 atom stereocenters. The van der Waals surface area contributed by atoms with E-state index in [1.807, 2.05) is 0 Å². The molecule has 3 aliphatic rings. The molecule has 0 bridgehead atoms. The lowest BCUT2D eigenvalue weighted by molar-refractivity contribution is -0.753. The highest BCUT2D eigenvalue weighted by molar-refractivity contribution is 7.47. The lowest BCUT2D eigenvalue weighted by Crippen LogP contribution is -2.46. The number of aromatic nitrogens is 6. The minimum absolute atomic E-state index is 0.0409. The summed E-state index contributed by atoms with van der Waals surface area (Å²) in [5.41, 5.74) is 11.9. The molecule has 0 amide bonds. The number of fused-ring (bicyclic) bond motifs is 2. The van der Waals surface area contributed by atoms with E-state index < -0.39 is 96.7 Å².